The first-order valence-corrected chi connectivity index (χ1v) is 6.79. The number of carbonyl (C=O) groups is 3. The van der Waals surface area contributed by atoms with Gasteiger partial charge in [0.1, 0.15) is 0 Å². The number of nitrogens with one attached hydrogen (secondary N) is 1. The quantitative estimate of drug-likeness (QED) is 0.591. The lowest BCUT2D eigenvalue weighted by Crippen LogP contribution is -2.52. The van der Waals surface area contributed by atoms with Crippen molar-refractivity contribution < 1.29 is 14.4 Å². The Hall–Kier alpha value is -1.59. The highest BCUT2D eigenvalue weighted by Gasteiger charge is 2.26. The standard InChI is InChI=1S/C13H23N3O3/c1-8(9-5-3-2-4-6-9)7-10(17)16-11(12(14)18)13(15)19/h8-9,11H,2-7H2,1H3,(H2,14,18)(H2,15,19)(H,16,17)/t8-/m1/s1. The maximum Gasteiger partial charge on any atom is 0.249 e. The van der Waals surface area contributed by atoms with Crippen LogP contribution in [0.25, 0.3) is 0 Å². The summed E-state index contributed by atoms with van der Waals surface area (Å²) in [6.07, 6.45) is 6.26. The van der Waals surface area contributed by atoms with Gasteiger partial charge in [-0.05, 0) is 11.8 Å². The molecule has 5 N–H and O–H groups in total. The maximum atomic E-state index is 11.8. The van der Waals surface area contributed by atoms with Gasteiger partial charge in [-0.25, -0.2) is 0 Å². The van der Waals surface area contributed by atoms with Gasteiger partial charge in [0.15, 0.2) is 6.04 Å². The lowest BCUT2D eigenvalue weighted by Gasteiger charge is -2.27. The van der Waals surface area contributed by atoms with Crippen molar-refractivity contribution in [1.82, 2.24) is 5.32 Å². The molecule has 0 aliphatic heterocycles. The van der Waals surface area contributed by atoms with Crippen molar-refractivity contribution in [2.45, 2.75) is 51.5 Å². The molecule has 108 valence electrons. The molecule has 1 atom stereocenters. The molecule has 1 aliphatic rings. The summed E-state index contributed by atoms with van der Waals surface area (Å²) in [6, 6.07) is -1.41. The van der Waals surface area contributed by atoms with E-state index in [1.165, 1.54) is 19.3 Å². The summed E-state index contributed by atoms with van der Waals surface area (Å²) in [5, 5.41) is 2.30. The van der Waals surface area contributed by atoms with Crippen LogP contribution in [0.3, 0.4) is 0 Å². The second-order valence-corrected chi connectivity index (χ2v) is 5.38. The van der Waals surface area contributed by atoms with Crippen molar-refractivity contribution >= 4 is 17.7 Å². The summed E-state index contributed by atoms with van der Waals surface area (Å²) in [5.41, 5.74) is 10.0. The van der Waals surface area contributed by atoms with E-state index in [0.29, 0.717) is 12.3 Å². The molecule has 0 saturated heterocycles. The van der Waals surface area contributed by atoms with E-state index in [-0.39, 0.29) is 11.8 Å². The largest absolute Gasteiger partial charge is 0.367 e. The van der Waals surface area contributed by atoms with Crippen molar-refractivity contribution in [3.8, 4) is 0 Å². The Kier molecular flexibility index (Phi) is 5.79. The highest BCUT2D eigenvalue weighted by Crippen LogP contribution is 2.31. The van der Waals surface area contributed by atoms with Gasteiger partial charge in [0.05, 0.1) is 0 Å². The summed E-state index contributed by atoms with van der Waals surface area (Å²) in [6.45, 7) is 2.03. The Bertz CT molecular complexity index is 337. The summed E-state index contributed by atoms with van der Waals surface area (Å²) >= 11 is 0. The Morgan fingerprint density at radius 3 is 2.11 bits per heavy atom. The normalized spacial score (nSPS) is 18.0. The fourth-order valence-corrected chi connectivity index (χ4v) is 2.66. The fourth-order valence-electron chi connectivity index (χ4n) is 2.66. The van der Waals surface area contributed by atoms with Gasteiger partial charge in [0.25, 0.3) is 0 Å². The topological polar surface area (TPSA) is 115 Å². The second-order valence-electron chi connectivity index (χ2n) is 5.38. The fraction of sp³-hybridized carbons (Fsp3) is 0.769. The number of amides is 3. The number of primary amides is 2. The van der Waals surface area contributed by atoms with E-state index in [4.69, 9.17) is 11.5 Å². The first-order valence-electron chi connectivity index (χ1n) is 6.79. The predicted octanol–water partition coefficient (Wildman–Crippen LogP) is 0.0483. The summed E-state index contributed by atoms with van der Waals surface area (Å²) in [4.78, 5) is 33.7. The van der Waals surface area contributed by atoms with E-state index in [9.17, 15) is 14.4 Å². The van der Waals surface area contributed by atoms with E-state index in [1.54, 1.807) is 0 Å². The third kappa shape index (κ3) is 4.89. The molecule has 0 aromatic carbocycles. The van der Waals surface area contributed by atoms with E-state index in [2.05, 4.69) is 5.32 Å². The van der Waals surface area contributed by atoms with Gasteiger partial charge in [-0.2, -0.15) is 0 Å². The highest BCUT2D eigenvalue weighted by atomic mass is 16.2. The van der Waals surface area contributed by atoms with Crippen molar-refractivity contribution in [1.29, 1.82) is 0 Å². The third-order valence-electron chi connectivity index (χ3n) is 3.84. The van der Waals surface area contributed by atoms with Crippen molar-refractivity contribution in [3.63, 3.8) is 0 Å². The molecule has 19 heavy (non-hydrogen) atoms. The van der Waals surface area contributed by atoms with Gasteiger partial charge in [-0.15, -0.1) is 0 Å². The molecule has 0 heterocycles. The molecular formula is C13H23N3O3. The molecule has 1 aliphatic carbocycles. The van der Waals surface area contributed by atoms with Gasteiger partial charge in [-0.3, -0.25) is 14.4 Å². The van der Waals surface area contributed by atoms with E-state index in [0.717, 1.165) is 12.8 Å². The average molecular weight is 269 g/mol. The molecule has 1 saturated carbocycles. The van der Waals surface area contributed by atoms with E-state index < -0.39 is 17.9 Å². The minimum Gasteiger partial charge on any atom is -0.367 e. The molecule has 0 unspecified atom stereocenters. The van der Waals surface area contributed by atoms with Crippen LogP contribution in [0.1, 0.15) is 45.4 Å². The van der Waals surface area contributed by atoms with Crippen molar-refractivity contribution in [2.75, 3.05) is 0 Å². The van der Waals surface area contributed by atoms with Crippen LogP contribution in [-0.4, -0.2) is 23.8 Å². The monoisotopic (exact) mass is 269 g/mol. The zero-order valence-electron chi connectivity index (χ0n) is 11.4. The Morgan fingerprint density at radius 2 is 1.63 bits per heavy atom. The first-order chi connectivity index (χ1) is 8.91. The summed E-state index contributed by atoms with van der Waals surface area (Å²) in [7, 11) is 0. The van der Waals surface area contributed by atoms with Crippen LogP contribution in [0.4, 0.5) is 0 Å². The molecule has 6 nitrogen and oxygen atoms in total. The molecule has 0 aromatic rings. The number of carbonyl (C=O) groups excluding carboxylic acids is 3. The molecule has 0 spiro atoms. The molecule has 1 rings (SSSR count). The average Bonchev–Trinajstić information content (AvgIpc) is 2.36. The summed E-state index contributed by atoms with van der Waals surface area (Å²) in [5.74, 6) is -1.42. The van der Waals surface area contributed by atoms with Gasteiger partial charge in [0.2, 0.25) is 17.7 Å². The third-order valence-corrected chi connectivity index (χ3v) is 3.84. The van der Waals surface area contributed by atoms with Crippen LogP contribution in [0.15, 0.2) is 0 Å². The number of hydrogen-bond donors (Lipinski definition) is 3. The molecule has 0 bridgehead atoms. The smallest absolute Gasteiger partial charge is 0.249 e. The first kappa shape index (κ1) is 15.5. The van der Waals surface area contributed by atoms with Crippen LogP contribution in [0, 0.1) is 11.8 Å². The van der Waals surface area contributed by atoms with Crippen LogP contribution in [-0.2, 0) is 14.4 Å². The lowest BCUT2D eigenvalue weighted by molar-refractivity contribution is -0.134. The number of nitrogens with two attached hydrogens (primary N) is 2. The number of rotatable bonds is 6. The molecule has 6 heteroatoms. The summed E-state index contributed by atoms with van der Waals surface area (Å²) < 4.78 is 0. The van der Waals surface area contributed by atoms with Crippen LogP contribution in [0.5, 0.6) is 0 Å². The SMILES string of the molecule is C[C@H](CC(=O)NC(C(N)=O)C(N)=O)C1CCCCC1. The molecule has 1 fully saturated rings. The molecular weight excluding hydrogens is 246 g/mol. The Balaban J connectivity index is 2.45. The molecule has 0 radical (unpaired) electrons. The van der Waals surface area contributed by atoms with Gasteiger partial charge >= 0.3 is 0 Å². The Labute approximate surface area is 113 Å². The van der Waals surface area contributed by atoms with Crippen LogP contribution < -0.4 is 16.8 Å². The second kappa shape index (κ2) is 7.11. The van der Waals surface area contributed by atoms with Crippen molar-refractivity contribution in [2.24, 2.45) is 23.3 Å². The predicted molar refractivity (Wildman–Crippen MR) is 70.7 cm³/mol. The minimum absolute atomic E-state index is 0.238. The van der Waals surface area contributed by atoms with Crippen molar-refractivity contribution in [3.05, 3.63) is 0 Å². The van der Waals surface area contributed by atoms with Gasteiger partial charge in [-0.1, -0.05) is 39.0 Å². The lowest BCUT2D eigenvalue weighted by atomic mass is 9.79. The number of hydrogen-bond acceptors (Lipinski definition) is 3. The zero-order valence-corrected chi connectivity index (χ0v) is 11.4. The van der Waals surface area contributed by atoms with Crippen LogP contribution >= 0.6 is 0 Å². The minimum atomic E-state index is -1.41. The molecule has 3 amide bonds. The van der Waals surface area contributed by atoms with Gasteiger partial charge < -0.3 is 16.8 Å². The highest BCUT2D eigenvalue weighted by molar-refractivity contribution is 6.05. The van der Waals surface area contributed by atoms with E-state index >= 15 is 0 Å². The molecule has 0 aromatic heterocycles. The Morgan fingerprint density at radius 1 is 1.11 bits per heavy atom. The maximum absolute atomic E-state index is 11.8. The zero-order chi connectivity index (χ0) is 14.4. The van der Waals surface area contributed by atoms with Crippen LogP contribution in [0.2, 0.25) is 0 Å². The van der Waals surface area contributed by atoms with Gasteiger partial charge in [0, 0.05) is 6.42 Å². The van der Waals surface area contributed by atoms with E-state index in [1.807, 2.05) is 6.92 Å².